The highest BCUT2D eigenvalue weighted by molar-refractivity contribution is 7.94. The van der Waals surface area contributed by atoms with Crippen LogP contribution in [0.5, 0.6) is 11.5 Å². The number of rotatable bonds is 9. The van der Waals surface area contributed by atoms with Gasteiger partial charge in [0.25, 0.3) is 5.91 Å². The molecule has 12 heteroatoms. The number of aliphatic imine (C=N–C) groups is 1. The summed E-state index contributed by atoms with van der Waals surface area (Å²) < 4.78 is 15.3. The van der Waals surface area contributed by atoms with Crippen LogP contribution in [0.3, 0.4) is 0 Å². The summed E-state index contributed by atoms with van der Waals surface area (Å²) in [4.78, 5) is 25.3. The van der Waals surface area contributed by atoms with Gasteiger partial charge in [-0.25, -0.2) is 4.89 Å². The van der Waals surface area contributed by atoms with Crippen molar-refractivity contribution in [3.05, 3.63) is 48.0 Å². The normalized spacial score (nSPS) is 10.4. The highest BCUT2D eigenvalue weighted by Crippen LogP contribution is 2.35. The zero-order valence-corrected chi connectivity index (χ0v) is 15.6. The molecule has 0 spiro atoms. The molecule has 1 amide bonds. The van der Waals surface area contributed by atoms with Gasteiger partial charge in [-0.15, -0.1) is 9.32 Å². The van der Waals surface area contributed by atoms with Gasteiger partial charge in [0, 0.05) is 10.5 Å². The van der Waals surface area contributed by atoms with Crippen LogP contribution < -0.4 is 22.1 Å². The second-order valence-corrected chi connectivity index (χ2v) is 6.16. The Morgan fingerprint density at radius 2 is 1.78 bits per heavy atom. The van der Waals surface area contributed by atoms with Gasteiger partial charge in [0.15, 0.2) is 5.96 Å². The van der Waals surface area contributed by atoms with Crippen LogP contribution >= 0.6 is 24.1 Å². The molecule has 10 nitrogen and oxygen atoms in total. The van der Waals surface area contributed by atoms with Gasteiger partial charge in [0.2, 0.25) is 0 Å². The van der Waals surface area contributed by atoms with E-state index in [0.29, 0.717) is 16.4 Å². The number of carbonyl (C=O) groups excluding carboxylic acids is 1. The molecule has 2 aromatic carbocycles. The number of nitrogens with zero attached hydrogens (tertiary/aromatic N) is 1. The lowest BCUT2D eigenvalue weighted by atomic mass is 10.2. The van der Waals surface area contributed by atoms with E-state index in [2.05, 4.69) is 19.2 Å². The molecular formula is C15H16N4O6S2. The average molecular weight is 412 g/mol. The molecule has 0 unspecified atom stereocenters. The maximum atomic E-state index is 12.0. The van der Waals surface area contributed by atoms with Crippen molar-refractivity contribution in [1.82, 2.24) is 0 Å². The molecular weight excluding hydrogens is 396 g/mol. The quantitative estimate of drug-likeness (QED) is 0.183. The zero-order valence-electron chi connectivity index (χ0n) is 14.0. The Kier molecular flexibility index (Phi) is 8.35. The van der Waals surface area contributed by atoms with Crippen molar-refractivity contribution in [2.75, 3.05) is 7.11 Å². The van der Waals surface area contributed by atoms with E-state index in [9.17, 15) is 4.79 Å². The summed E-state index contributed by atoms with van der Waals surface area (Å²) >= 11 is 1.81. The molecule has 27 heavy (non-hydrogen) atoms. The molecule has 0 fully saturated rings. The van der Waals surface area contributed by atoms with E-state index < -0.39 is 5.91 Å². The molecule has 0 radical (unpaired) electrons. The van der Waals surface area contributed by atoms with E-state index in [1.54, 1.807) is 30.3 Å². The predicted octanol–water partition coefficient (Wildman–Crippen LogP) is 2.31. The third-order valence-corrected chi connectivity index (χ3v) is 4.15. The molecule has 0 bridgehead atoms. The van der Waals surface area contributed by atoms with Gasteiger partial charge >= 0.3 is 0 Å². The molecule has 0 saturated carbocycles. The number of benzene rings is 2. The second-order valence-electron chi connectivity index (χ2n) is 4.64. The molecule has 0 aromatic heterocycles. The minimum absolute atomic E-state index is 0.253. The van der Waals surface area contributed by atoms with Gasteiger partial charge < -0.3 is 16.2 Å². The van der Waals surface area contributed by atoms with Crippen LogP contribution in [0.4, 0.5) is 0 Å². The Balaban J connectivity index is 2.21. The second kappa shape index (κ2) is 10.7. The van der Waals surface area contributed by atoms with E-state index in [0.717, 1.165) is 29.0 Å². The summed E-state index contributed by atoms with van der Waals surface area (Å²) in [7, 11) is 1.35. The number of nitrogens with two attached hydrogens (primary N) is 3. The highest BCUT2D eigenvalue weighted by Gasteiger charge is 2.13. The van der Waals surface area contributed by atoms with Crippen LogP contribution in [0.1, 0.15) is 10.4 Å². The Bertz CT molecular complexity index is 799. The number of hydrogen-bond donors (Lipinski definition) is 3. The van der Waals surface area contributed by atoms with E-state index in [-0.39, 0.29) is 11.5 Å². The maximum absolute atomic E-state index is 12.0. The van der Waals surface area contributed by atoms with Gasteiger partial charge in [-0.2, -0.15) is 15.2 Å². The third kappa shape index (κ3) is 6.73. The molecule has 0 aliphatic rings. The first-order valence-electron chi connectivity index (χ1n) is 7.17. The monoisotopic (exact) mass is 412 g/mol. The van der Waals surface area contributed by atoms with Gasteiger partial charge in [-0.3, -0.25) is 4.79 Å². The number of amides is 1. The van der Waals surface area contributed by atoms with Crippen LogP contribution in [0.25, 0.3) is 0 Å². The summed E-state index contributed by atoms with van der Waals surface area (Å²) in [5, 5.41) is 0. The Hall–Kier alpha value is -2.32. The van der Waals surface area contributed by atoms with Crippen LogP contribution in [0.2, 0.25) is 0 Å². The lowest BCUT2D eigenvalue weighted by molar-refractivity contribution is -0.195. The van der Waals surface area contributed by atoms with Crippen LogP contribution in [-0.2, 0) is 18.5 Å². The fraction of sp³-hybridized carbons (Fsp3) is 0.0667. The average Bonchev–Trinajstić information content (AvgIpc) is 2.66. The first-order valence-corrected chi connectivity index (χ1v) is 8.65. The molecule has 0 heterocycles. The minimum Gasteiger partial charge on any atom is -0.456 e. The standard InChI is InChI=1S/C15H16N4O6S2/c1-21-24-27-13-8-9(14(20)19-15(16)17)2-7-12(13)22-10-3-5-11(6-4-10)26-25-23-18/h2-8H,18H2,1H3,(H4,16,17,19,20). The lowest BCUT2D eigenvalue weighted by Gasteiger charge is -2.11. The smallest absolute Gasteiger partial charge is 0.280 e. The molecule has 0 saturated heterocycles. The molecule has 6 N–H and O–H groups in total. The van der Waals surface area contributed by atoms with Gasteiger partial charge in [0.1, 0.15) is 11.5 Å². The number of hydrogen-bond acceptors (Lipinski definition) is 9. The van der Waals surface area contributed by atoms with E-state index in [1.807, 2.05) is 0 Å². The molecule has 2 aromatic rings. The first-order chi connectivity index (χ1) is 13.0. The molecule has 144 valence electrons. The topological polar surface area (TPSA) is 154 Å². The van der Waals surface area contributed by atoms with Gasteiger partial charge in [0.05, 0.1) is 36.1 Å². The predicted molar refractivity (Wildman–Crippen MR) is 99.3 cm³/mol. The number of carbonyl (C=O) groups is 1. The first kappa shape index (κ1) is 21.0. The highest BCUT2D eigenvalue weighted by atomic mass is 32.2. The van der Waals surface area contributed by atoms with Crippen molar-refractivity contribution in [3.63, 3.8) is 0 Å². The van der Waals surface area contributed by atoms with Crippen molar-refractivity contribution in [2.24, 2.45) is 22.4 Å². The number of guanidine groups is 1. The molecule has 2 rings (SSSR count). The van der Waals surface area contributed by atoms with Crippen molar-refractivity contribution in [2.45, 2.75) is 9.79 Å². The fourth-order valence-electron chi connectivity index (χ4n) is 1.79. The van der Waals surface area contributed by atoms with E-state index in [1.165, 1.54) is 19.2 Å². The molecule has 0 aliphatic heterocycles. The van der Waals surface area contributed by atoms with Gasteiger partial charge in [-0.1, -0.05) is 0 Å². The summed E-state index contributed by atoms with van der Waals surface area (Å²) in [6.45, 7) is 0. The van der Waals surface area contributed by atoms with Crippen molar-refractivity contribution in [3.8, 4) is 11.5 Å². The minimum atomic E-state index is -0.593. The van der Waals surface area contributed by atoms with E-state index >= 15 is 0 Å². The van der Waals surface area contributed by atoms with Gasteiger partial charge in [-0.05, 0) is 42.5 Å². The number of ether oxygens (including phenoxy) is 1. The van der Waals surface area contributed by atoms with Crippen molar-refractivity contribution < 1.29 is 28.1 Å². The maximum Gasteiger partial charge on any atom is 0.280 e. The molecule has 0 atom stereocenters. The van der Waals surface area contributed by atoms with Crippen molar-refractivity contribution in [1.29, 1.82) is 0 Å². The Morgan fingerprint density at radius 3 is 2.41 bits per heavy atom. The van der Waals surface area contributed by atoms with E-state index in [4.69, 9.17) is 26.4 Å². The van der Waals surface area contributed by atoms with Crippen molar-refractivity contribution >= 4 is 36.0 Å². The zero-order chi connectivity index (χ0) is 19.6. The Morgan fingerprint density at radius 1 is 1.04 bits per heavy atom. The fourth-order valence-corrected chi connectivity index (χ4v) is 2.67. The summed E-state index contributed by atoms with van der Waals surface area (Å²) in [5.41, 5.74) is 10.7. The summed E-state index contributed by atoms with van der Waals surface area (Å²) in [6, 6.07) is 11.5. The Labute approximate surface area is 163 Å². The SMILES string of the molecule is COOSc1cc(C(=O)N=C(N)N)ccc1Oc1ccc(SOON)cc1. The largest absolute Gasteiger partial charge is 0.456 e. The van der Waals surface area contributed by atoms with Crippen LogP contribution in [0, 0.1) is 0 Å². The van der Waals surface area contributed by atoms with Crippen LogP contribution in [0.15, 0.2) is 57.2 Å². The lowest BCUT2D eigenvalue weighted by Crippen LogP contribution is -2.24. The molecule has 0 aliphatic carbocycles. The summed E-state index contributed by atoms with van der Waals surface area (Å²) in [6.07, 6.45) is 0. The summed E-state index contributed by atoms with van der Waals surface area (Å²) in [5.74, 6) is 4.83. The third-order valence-electron chi connectivity index (χ3n) is 2.83. The van der Waals surface area contributed by atoms with Crippen LogP contribution in [-0.4, -0.2) is 19.0 Å².